The molecule has 1 heterocycles. The number of amides is 1. The van der Waals surface area contributed by atoms with Crippen molar-refractivity contribution < 1.29 is 14.7 Å². The van der Waals surface area contributed by atoms with Crippen LogP contribution < -0.4 is 5.32 Å². The van der Waals surface area contributed by atoms with Crippen LogP contribution in [0.25, 0.3) is 0 Å². The second kappa shape index (κ2) is 4.12. The van der Waals surface area contributed by atoms with Gasteiger partial charge in [0.05, 0.1) is 11.3 Å². The van der Waals surface area contributed by atoms with Gasteiger partial charge >= 0.3 is 5.97 Å². The molecule has 0 radical (unpaired) electrons. The Balaban J connectivity index is 2.82. The second-order valence-corrected chi connectivity index (χ2v) is 3.34. The molecule has 1 atom stereocenters. The lowest BCUT2D eigenvalue weighted by Gasteiger charge is -2.08. The number of rotatable bonds is 3. The van der Waals surface area contributed by atoms with E-state index in [0.717, 1.165) is 0 Å². The first-order valence-electron chi connectivity index (χ1n) is 4.48. The number of aromatic nitrogens is 2. The first-order chi connectivity index (χ1) is 6.93. The van der Waals surface area contributed by atoms with Crippen LogP contribution in [0.15, 0.2) is 0 Å². The van der Waals surface area contributed by atoms with Gasteiger partial charge < -0.3 is 10.4 Å². The average Bonchev–Trinajstić information content (AvgIpc) is 2.45. The van der Waals surface area contributed by atoms with E-state index in [-0.39, 0.29) is 0 Å². The molecular weight excluding hydrogens is 198 g/mol. The van der Waals surface area contributed by atoms with Crippen molar-refractivity contribution in [1.29, 1.82) is 0 Å². The van der Waals surface area contributed by atoms with Crippen LogP contribution in [0.1, 0.15) is 28.7 Å². The number of carbonyl (C=O) groups excluding carboxylic acids is 1. The summed E-state index contributed by atoms with van der Waals surface area (Å²) in [6.07, 6.45) is 0. The molecule has 0 saturated heterocycles. The van der Waals surface area contributed by atoms with Crippen molar-refractivity contribution in [1.82, 2.24) is 15.5 Å². The highest BCUT2D eigenvalue weighted by molar-refractivity contribution is 5.98. The Kier molecular flexibility index (Phi) is 3.08. The third kappa shape index (κ3) is 2.34. The maximum atomic E-state index is 11.6. The monoisotopic (exact) mass is 211 g/mol. The number of nitrogens with zero attached hydrogens (tertiary/aromatic N) is 1. The summed E-state index contributed by atoms with van der Waals surface area (Å²) in [6, 6.07) is -0.911. The number of hydrogen-bond donors (Lipinski definition) is 3. The van der Waals surface area contributed by atoms with E-state index in [1.807, 2.05) is 0 Å². The Bertz CT molecular complexity index is 378. The number of aromatic amines is 1. The Morgan fingerprint density at radius 1 is 1.47 bits per heavy atom. The molecule has 15 heavy (non-hydrogen) atoms. The second-order valence-electron chi connectivity index (χ2n) is 3.34. The van der Waals surface area contributed by atoms with Gasteiger partial charge in [-0.25, -0.2) is 0 Å². The van der Waals surface area contributed by atoms with Gasteiger partial charge in [0.15, 0.2) is 0 Å². The molecule has 0 aromatic carbocycles. The van der Waals surface area contributed by atoms with E-state index in [2.05, 4.69) is 15.5 Å². The number of nitrogens with one attached hydrogen (secondary N) is 2. The zero-order valence-electron chi connectivity index (χ0n) is 8.79. The smallest absolute Gasteiger partial charge is 0.325 e. The predicted molar refractivity (Wildman–Crippen MR) is 52.6 cm³/mol. The number of carboxylic acids is 1. The summed E-state index contributed by atoms with van der Waals surface area (Å²) < 4.78 is 0. The molecule has 0 saturated carbocycles. The molecule has 1 aromatic heterocycles. The molecule has 1 unspecified atom stereocenters. The number of carbonyl (C=O) groups is 2. The van der Waals surface area contributed by atoms with Crippen LogP contribution in [0.4, 0.5) is 0 Å². The topological polar surface area (TPSA) is 95.1 Å². The third-order valence-electron chi connectivity index (χ3n) is 2.07. The number of aliphatic carboxylic acids is 1. The molecule has 6 nitrogen and oxygen atoms in total. The first kappa shape index (κ1) is 11.2. The molecule has 0 aliphatic rings. The van der Waals surface area contributed by atoms with Crippen LogP contribution in [0.2, 0.25) is 0 Å². The summed E-state index contributed by atoms with van der Waals surface area (Å²) >= 11 is 0. The molecule has 0 fully saturated rings. The minimum absolute atomic E-state index is 0.406. The summed E-state index contributed by atoms with van der Waals surface area (Å²) in [5, 5.41) is 17.5. The fourth-order valence-electron chi connectivity index (χ4n) is 1.22. The summed E-state index contributed by atoms with van der Waals surface area (Å²) in [6.45, 7) is 4.80. The molecule has 3 N–H and O–H groups in total. The van der Waals surface area contributed by atoms with E-state index in [9.17, 15) is 9.59 Å². The van der Waals surface area contributed by atoms with Gasteiger partial charge in [0.25, 0.3) is 5.91 Å². The Labute approximate surface area is 86.7 Å². The van der Waals surface area contributed by atoms with Crippen molar-refractivity contribution in [3.05, 3.63) is 17.0 Å². The predicted octanol–water partition coefficient (Wildman–Crippen LogP) is 0.229. The fourth-order valence-corrected chi connectivity index (χ4v) is 1.22. The number of carboxylic acid groups (broad SMARTS) is 1. The first-order valence-corrected chi connectivity index (χ1v) is 4.48. The van der Waals surface area contributed by atoms with Crippen molar-refractivity contribution in [3.8, 4) is 0 Å². The standard InChI is InChI=1S/C9H13N3O3/c1-4-7(5(2)12-11-4)8(13)10-6(3)9(14)15/h6H,1-3H3,(H,10,13)(H,11,12)(H,14,15). The third-order valence-corrected chi connectivity index (χ3v) is 2.07. The fraction of sp³-hybridized carbons (Fsp3) is 0.444. The van der Waals surface area contributed by atoms with Crippen LogP contribution >= 0.6 is 0 Å². The van der Waals surface area contributed by atoms with E-state index in [1.165, 1.54) is 6.92 Å². The molecule has 0 bridgehead atoms. The lowest BCUT2D eigenvalue weighted by molar-refractivity contribution is -0.138. The van der Waals surface area contributed by atoms with Crippen molar-refractivity contribution in [2.45, 2.75) is 26.8 Å². The molecule has 0 spiro atoms. The molecule has 0 aliphatic heterocycles. The maximum absolute atomic E-state index is 11.6. The van der Waals surface area contributed by atoms with Gasteiger partial charge in [0.2, 0.25) is 0 Å². The lowest BCUT2D eigenvalue weighted by Crippen LogP contribution is -2.38. The van der Waals surface area contributed by atoms with Crippen molar-refractivity contribution in [2.24, 2.45) is 0 Å². The molecular formula is C9H13N3O3. The van der Waals surface area contributed by atoms with E-state index < -0.39 is 17.9 Å². The van der Waals surface area contributed by atoms with Crippen molar-refractivity contribution in [2.75, 3.05) is 0 Å². The summed E-state index contributed by atoms with van der Waals surface area (Å²) in [7, 11) is 0. The molecule has 1 aromatic rings. The van der Waals surface area contributed by atoms with Crippen LogP contribution in [0, 0.1) is 13.8 Å². The van der Waals surface area contributed by atoms with Crippen LogP contribution in [0.5, 0.6) is 0 Å². The van der Waals surface area contributed by atoms with Gasteiger partial charge in [-0.3, -0.25) is 14.7 Å². The van der Waals surface area contributed by atoms with E-state index >= 15 is 0 Å². The average molecular weight is 211 g/mol. The normalized spacial score (nSPS) is 12.2. The van der Waals surface area contributed by atoms with Crippen LogP contribution in [0.3, 0.4) is 0 Å². The maximum Gasteiger partial charge on any atom is 0.325 e. The highest BCUT2D eigenvalue weighted by Crippen LogP contribution is 2.08. The highest BCUT2D eigenvalue weighted by Gasteiger charge is 2.19. The van der Waals surface area contributed by atoms with Crippen LogP contribution in [-0.2, 0) is 4.79 Å². The summed E-state index contributed by atoms with van der Waals surface area (Å²) in [5.41, 5.74) is 1.59. The molecule has 1 amide bonds. The van der Waals surface area contributed by atoms with Crippen molar-refractivity contribution in [3.63, 3.8) is 0 Å². The lowest BCUT2D eigenvalue weighted by atomic mass is 10.2. The van der Waals surface area contributed by atoms with Gasteiger partial charge in [-0.05, 0) is 20.8 Å². The number of aryl methyl sites for hydroxylation is 2. The van der Waals surface area contributed by atoms with Crippen LogP contribution in [-0.4, -0.2) is 33.2 Å². The van der Waals surface area contributed by atoms with Gasteiger partial charge in [-0.2, -0.15) is 5.10 Å². The van der Waals surface area contributed by atoms with E-state index in [1.54, 1.807) is 13.8 Å². The number of H-pyrrole nitrogens is 1. The highest BCUT2D eigenvalue weighted by atomic mass is 16.4. The largest absolute Gasteiger partial charge is 0.480 e. The van der Waals surface area contributed by atoms with Gasteiger partial charge in [0.1, 0.15) is 6.04 Å². The molecule has 82 valence electrons. The number of hydrogen-bond acceptors (Lipinski definition) is 3. The summed E-state index contributed by atoms with van der Waals surface area (Å²) in [5.74, 6) is -1.49. The quantitative estimate of drug-likeness (QED) is 0.666. The van der Waals surface area contributed by atoms with E-state index in [0.29, 0.717) is 17.0 Å². The Hall–Kier alpha value is -1.85. The Morgan fingerprint density at radius 3 is 2.47 bits per heavy atom. The molecule has 1 rings (SSSR count). The van der Waals surface area contributed by atoms with Crippen molar-refractivity contribution >= 4 is 11.9 Å². The zero-order valence-corrected chi connectivity index (χ0v) is 8.79. The Morgan fingerprint density at radius 2 is 2.07 bits per heavy atom. The molecule has 0 aliphatic carbocycles. The zero-order chi connectivity index (χ0) is 11.6. The summed E-state index contributed by atoms with van der Waals surface area (Å²) in [4.78, 5) is 22.2. The van der Waals surface area contributed by atoms with Gasteiger partial charge in [-0.15, -0.1) is 0 Å². The molecule has 6 heteroatoms. The minimum Gasteiger partial charge on any atom is -0.480 e. The van der Waals surface area contributed by atoms with Gasteiger partial charge in [-0.1, -0.05) is 0 Å². The van der Waals surface area contributed by atoms with E-state index in [4.69, 9.17) is 5.11 Å². The SMILES string of the molecule is Cc1n[nH]c(C)c1C(=O)NC(C)C(=O)O. The minimum atomic E-state index is -1.07. The van der Waals surface area contributed by atoms with Gasteiger partial charge in [0, 0.05) is 5.69 Å².